The molecule has 0 bridgehead atoms. The van der Waals surface area contributed by atoms with Crippen molar-refractivity contribution < 1.29 is 22.4 Å². The maximum Gasteiger partial charge on any atom is 0.416 e. The largest absolute Gasteiger partial charge is 0.416 e. The third-order valence-corrected chi connectivity index (χ3v) is 5.34. The first-order chi connectivity index (χ1) is 15.8. The topological polar surface area (TPSA) is 49.3 Å². The summed E-state index contributed by atoms with van der Waals surface area (Å²) in [6.45, 7) is 1.91. The molecule has 1 aliphatic heterocycles. The van der Waals surface area contributed by atoms with Gasteiger partial charge in [0.25, 0.3) is 5.91 Å². The molecule has 0 N–H and O–H groups in total. The molecule has 2 aromatic carbocycles. The zero-order valence-corrected chi connectivity index (χ0v) is 17.5. The van der Waals surface area contributed by atoms with Gasteiger partial charge in [0.05, 0.1) is 5.56 Å². The van der Waals surface area contributed by atoms with Gasteiger partial charge in [0.15, 0.2) is 0 Å². The molecule has 1 amide bonds. The second kappa shape index (κ2) is 9.40. The lowest BCUT2D eigenvalue weighted by Crippen LogP contribution is -2.49. The Morgan fingerprint density at radius 2 is 1.48 bits per heavy atom. The molecule has 0 unspecified atom stereocenters. The molecule has 0 saturated carbocycles. The predicted octanol–water partition coefficient (Wildman–Crippen LogP) is 4.52. The van der Waals surface area contributed by atoms with Gasteiger partial charge in [-0.25, -0.2) is 14.4 Å². The normalized spacial score (nSPS) is 15.0. The van der Waals surface area contributed by atoms with Crippen LogP contribution in [0.15, 0.2) is 67.0 Å². The van der Waals surface area contributed by atoms with Crippen molar-refractivity contribution in [2.75, 3.05) is 31.1 Å². The highest BCUT2D eigenvalue weighted by Crippen LogP contribution is 2.30. The van der Waals surface area contributed by atoms with Gasteiger partial charge in [-0.3, -0.25) is 4.79 Å². The average molecular weight is 456 g/mol. The van der Waals surface area contributed by atoms with Gasteiger partial charge in [-0.15, -0.1) is 0 Å². The molecule has 9 heteroatoms. The standard InChI is InChI=1S/C24H20F4N4O/c25-20-8-4-18(5-9-20)21(16-17-2-6-19(7-3-17)24(26,27)28)22(33)31-12-14-32(15-13-31)23-29-10-1-11-30-23/h1-11,16H,12-15H2/b21-16+. The fraction of sp³-hybridized carbons (Fsp3) is 0.208. The summed E-state index contributed by atoms with van der Waals surface area (Å²) >= 11 is 0. The van der Waals surface area contributed by atoms with Crippen LogP contribution in [0.4, 0.5) is 23.5 Å². The number of hydrogen-bond acceptors (Lipinski definition) is 4. The molecule has 33 heavy (non-hydrogen) atoms. The van der Waals surface area contributed by atoms with Crippen molar-refractivity contribution in [3.63, 3.8) is 0 Å². The van der Waals surface area contributed by atoms with Gasteiger partial charge in [-0.05, 0) is 47.5 Å². The highest BCUT2D eigenvalue weighted by atomic mass is 19.4. The number of amides is 1. The van der Waals surface area contributed by atoms with E-state index in [2.05, 4.69) is 9.97 Å². The number of carbonyl (C=O) groups excluding carboxylic acids is 1. The summed E-state index contributed by atoms with van der Waals surface area (Å²) in [4.78, 5) is 25.5. The monoisotopic (exact) mass is 456 g/mol. The summed E-state index contributed by atoms with van der Waals surface area (Å²) in [5.74, 6) is -0.143. The Morgan fingerprint density at radius 3 is 2.06 bits per heavy atom. The van der Waals surface area contributed by atoms with E-state index >= 15 is 0 Å². The number of benzene rings is 2. The summed E-state index contributed by atoms with van der Waals surface area (Å²) in [7, 11) is 0. The number of nitrogens with zero attached hydrogens (tertiary/aromatic N) is 4. The Bertz CT molecular complexity index is 1120. The van der Waals surface area contributed by atoms with Crippen molar-refractivity contribution in [3.8, 4) is 0 Å². The molecule has 0 spiro atoms. The maximum absolute atomic E-state index is 13.5. The maximum atomic E-state index is 13.5. The van der Waals surface area contributed by atoms with Crippen molar-refractivity contribution in [1.82, 2.24) is 14.9 Å². The second-order valence-electron chi connectivity index (χ2n) is 7.51. The van der Waals surface area contributed by atoms with Crippen LogP contribution in [-0.2, 0) is 11.0 Å². The number of halogens is 4. The van der Waals surface area contributed by atoms with E-state index in [0.29, 0.717) is 43.3 Å². The van der Waals surface area contributed by atoms with Crippen LogP contribution in [0.25, 0.3) is 11.6 Å². The number of hydrogen-bond donors (Lipinski definition) is 0. The van der Waals surface area contributed by atoms with Crippen LogP contribution in [0.3, 0.4) is 0 Å². The number of piperazine rings is 1. The first kappa shape index (κ1) is 22.4. The summed E-state index contributed by atoms with van der Waals surface area (Å²) < 4.78 is 52.1. The lowest BCUT2D eigenvalue weighted by molar-refractivity contribution is -0.137. The molecule has 0 radical (unpaired) electrons. The van der Waals surface area contributed by atoms with Crippen molar-refractivity contribution in [2.45, 2.75) is 6.18 Å². The van der Waals surface area contributed by atoms with E-state index in [4.69, 9.17) is 0 Å². The van der Waals surface area contributed by atoms with Gasteiger partial charge >= 0.3 is 6.18 Å². The van der Waals surface area contributed by atoms with Gasteiger partial charge in [-0.1, -0.05) is 24.3 Å². The SMILES string of the molecule is O=C(/C(=C/c1ccc(C(F)(F)F)cc1)c1ccc(F)cc1)N1CCN(c2ncccn2)CC1. The van der Waals surface area contributed by atoms with E-state index in [1.54, 1.807) is 23.4 Å². The van der Waals surface area contributed by atoms with Gasteiger partial charge in [0.2, 0.25) is 5.95 Å². The average Bonchev–Trinajstić information content (AvgIpc) is 2.83. The molecule has 1 saturated heterocycles. The highest BCUT2D eigenvalue weighted by Gasteiger charge is 2.30. The lowest BCUT2D eigenvalue weighted by Gasteiger charge is -2.35. The van der Waals surface area contributed by atoms with Crippen molar-refractivity contribution in [1.29, 1.82) is 0 Å². The van der Waals surface area contributed by atoms with Gasteiger partial charge < -0.3 is 9.80 Å². The fourth-order valence-electron chi connectivity index (χ4n) is 3.57. The third kappa shape index (κ3) is 5.36. The Labute approximate surface area is 188 Å². The van der Waals surface area contributed by atoms with Crippen LogP contribution in [-0.4, -0.2) is 47.0 Å². The van der Waals surface area contributed by atoms with Gasteiger partial charge in [0.1, 0.15) is 5.82 Å². The van der Waals surface area contributed by atoms with E-state index in [9.17, 15) is 22.4 Å². The molecule has 0 aliphatic carbocycles. The van der Waals surface area contributed by atoms with Crippen LogP contribution < -0.4 is 4.90 Å². The minimum Gasteiger partial charge on any atom is -0.337 e. The number of rotatable bonds is 4. The quantitative estimate of drug-likeness (QED) is 0.329. The molecular weight excluding hydrogens is 436 g/mol. The first-order valence-corrected chi connectivity index (χ1v) is 10.3. The molecule has 1 aromatic heterocycles. The molecule has 4 rings (SSSR count). The summed E-state index contributed by atoms with van der Waals surface area (Å²) in [6, 6.07) is 11.7. The zero-order chi connectivity index (χ0) is 23.4. The molecule has 170 valence electrons. The minimum atomic E-state index is -4.44. The molecule has 1 aliphatic rings. The Morgan fingerprint density at radius 1 is 0.879 bits per heavy atom. The summed E-state index contributed by atoms with van der Waals surface area (Å²) in [6.07, 6.45) is 0.390. The van der Waals surface area contributed by atoms with E-state index < -0.39 is 17.6 Å². The summed E-state index contributed by atoms with van der Waals surface area (Å²) in [5.41, 5.74) is 0.426. The van der Waals surface area contributed by atoms with Crippen LogP contribution in [0, 0.1) is 5.82 Å². The van der Waals surface area contributed by atoms with E-state index in [1.807, 2.05) is 4.90 Å². The van der Waals surface area contributed by atoms with Crippen LogP contribution in [0.5, 0.6) is 0 Å². The highest BCUT2D eigenvalue weighted by molar-refractivity contribution is 6.24. The molecular formula is C24H20F4N4O. The predicted molar refractivity (Wildman–Crippen MR) is 117 cm³/mol. The van der Waals surface area contributed by atoms with Crippen molar-refractivity contribution in [3.05, 3.63) is 89.5 Å². The zero-order valence-electron chi connectivity index (χ0n) is 17.5. The van der Waals surface area contributed by atoms with Crippen LogP contribution >= 0.6 is 0 Å². The molecule has 0 atom stereocenters. The lowest BCUT2D eigenvalue weighted by atomic mass is 10.00. The fourth-order valence-corrected chi connectivity index (χ4v) is 3.57. The number of carbonyl (C=O) groups is 1. The first-order valence-electron chi connectivity index (χ1n) is 10.3. The Hall–Kier alpha value is -3.75. The Kier molecular flexibility index (Phi) is 6.39. The van der Waals surface area contributed by atoms with Crippen molar-refractivity contribution in [2.24, 2.45) is 0 Å². The number of alkyl halides is 3. The molecule has 5 nitrogen and oxygen atoms in total. The van der Waals surface area contributed by atoms with E-state index in [-0.39, 0.29) is 11.5 Å². The molecule has 2 heterocycles. The number of aromatic nitrogens is 2. The molecule has 1 fully saturated rings. The summed E-state index contributed by atoms with van der Waals surface area (Å²) in [5, 5.41) is 0. The number of anilines is 1. The third-order valence-electron chi connectivity index (χ3n) is 5.34. The van der Waals surface area contributed by atoms with Crippen LogP contribution in [0.2, 0.25) is 0 Å². The molecule has 3 aromatic rings. The van der Waals surface area contributed by atoms with Gasteiger partial charge in [-0.2, -0.15) is 13.2 Å². The van der Waals surface area contributed by atoms with E-state index in [0.717, 1.165) is 12.1 Å². The smallest absolute Gasteiger partial charge is 0.337 e. The Balaban J connectivity index is 1.58. The second-order valence-corrected chi connectivity index (χ2v) is 7.51. The van der Waals surface area contributed by atoms with E-state index in [1.165, 1.54) is 42.5 Å². The van der Waals surface area contributed by atoms with Crippen LogP contribution in [0.1, 0.15) is 16.7 Å². The van der Waals surface area contributed by atoms with Crippen molar-refractivity contribution >= 4 is 23.5 Å². The minimum absolute atomic E-state index is 0.277. The van der Waals surface area contributed by atoms with Gasteiger partial charge in [0, 0.05) is 44.1 Å².